The van der Waals surface area contributed by atoms with Gasteiger partial charge in [-0.15, -0.1) is 0 Å². The molecule has 0 aromatic rings. The molecule has 130 valence electrons. The fourth-order valence-corrected chi connectivity index (χ4v) is 2.39. The molecule has 1 saturated heterocycles. The van der Waals surface area contributed by atoms with E-state index in [9.17, 15) is 19.2 Å². The lowest BCUT2D eigenvalue weighted by Gasteiger charge is -2.36. The fourth-order valence-electron chi connectivity index (χ4n) is 2.14. The number of nitrogens with one attached hydrogen (secondary N) is 1. The highest BCUT2D eigenvalue weighted by atomic mass is 35.5. The number of carbonyl (C=O) groups is 4. The molecule has 1 aliphatic rings. The smallest absolute Gasteiger partial charge is 0.407 e. The number of nitrogens with zero attached hydrogens (tertiary/aromatic N) is 2. The minimum atomic E-state index is -0.956. The third-order valence-corrected chi connectivity index (χ3v) is 3.26. The van der Waals surface area contributed by atoms with Crippen LogP contribution in [-0.4, -0.2) is 64.4 Å². The summed E-state index contributed by atoms with van der Waals surface area (Å²) >= 11 is 5.31. The SMILES string of the molecule is C[C@H]1CN(CCCNC(=O)OC(C)(C)C)C(=O)C(=O)N1C(=O)Cl. The summed E-state index contributed by atoms with van der Waals surface area (Å²) in [7, 11) is 0. The molecule has 1 N–H and O–H groups in total. The number of amides is 4. The molecule has 8 nitrogen and oxygen atoms in total. The van der Waals surface area contributed by atoms with Gasteiger partial charge in [0.25, 0.3) is 0 Å². The van der Waals surface area contributed by atoms with E-state index in [1.54, 1.807) is 27.7 Å². The van der Waals surface area contributed by atoms with Gasteiger partial charge in [0.15, 0.2) is 0 Å². The van der Waals surface area contributed by atoms with Gasteiger partial charge in [-0.25, -0.2) is 4.79 Å². The normalized spacial score (nSPS) is 18.9. The lowest BCUT2D eigenvalue weighted by molar-refractivity contribution is -0.155. The van der Waals surface area contributed by atoms with Gasteiger partial charge in [0, 0.05) is 19.6 Å². The molecule has 1 heterocycles. The Hall–Kier alpha value is -1.83. The van der Waals surface area contributed by atoms with E-state index in [4.69, 9.17) is 16.3 Å². The van der Waals surface area contributed by atoms with E-state index in [1.807, 2.05) is 0 Å². The van der Waals surface area contributed by atoms with Crippen LogP contribution in [0.2, 0.25) is 0 Å². The number of carbonyl (C=O) groups excluding carboxylic acids is 4. The number of hydrogen-bond acceptors (Lipinski definition) is 5. The summed E-state index contributed by atoms with van der Waals surface area (Å²) < 4.78 is 5.08. The molecule has 0 aromatic carbocycles. The van der Waals surface area contributed by atoms with Crippen molar-refractivity contribution < 1.29 is 23.9 Å². The van der Waals surface area contributed by atoms with Gasteiger partial charge in [-0.3, -0.25) is 19.3 Å². The van der Waals surface area contributed by atoms with Crippen molar-refractivity contribution in [3.63, 3.8) is 0 Å². The van der Waals surface area contributed by atoms with E-state index in [0.717, 1.165) is 4.90 Å². The fraction of sp³-hybridized carbons (Fsp3) is 0.714. The van der Waals surface area contributed by atoms with E-state index < -0.39 is 34.9 Å². The summed E-state index contributed by atoms with van der Waals surface area (Å²) in [4.78, 5) is 48.5. The Morgan fingerprint density at radius 1 is 1.30 bits per heavy atom. The second-order valence-corrected chi connectivity index (χ2v) is 6.63. The molecular weight excluding hydrogens is 326 g/mol. The quantitative estimate of drug-likeness (QED) is 0.358. The van der Waals surface area contributed by atoms with Crippen LogP contribution in [0.4, 0.5) is 9.59 Å². The van der Waals surface area contributed by atoms with Crippen molar-refractivity contribution in [2.75, 3.05) is 19.6 Å². The zero-order chi connectivity index (χ0) is 17.8. The molecule has 1 atom stereocenters. The molecule has 0 aromatic heterocycles. The summed E-state index contributed by atoms with van der Waals surface area (Å²) in [6.07, 6.45) is -0.0781. The standard InChI is InChI=1S/C14H22ClN3O5/c1-9-8-17(10(19)11(20)18(9)12(15)21)7-5-6-16-13(22)23-14(2,3)4/h9H,5-8H2,1-4H3,(H,16,22)/t9-/m0/s1. The molecule has 0 spiro atoms. The first-order valence-electron chi connectivity index (χ1n) is 7.31. The van der Waals surface area contributed by atoms with Gasteiger partial charge >= 0.3 is 23.3 Å². The lowest BCUT2D eigenvalue weighted by Crippen LogP contribution is -2.59. The van der Waals surface area contributed by atoms with Crippen LogP contribution in [-0.2, 0) is 14.3 Å². The number of rotatable bonds is 4. The van der Waals surface area contributed by atoms with Crippen molar-refractivity contribution in [2.45, 2.75) is 45.8 Å². The van der Waals surface area contributed by atoms with Gasteiger partial charge in [0.05, 0.1) is 6.04 Å². The molecule has 0 bridgehead atoms. The van der Waals surface area contributed by atoms with E-state index in [-0.39, 0.29) is 13.1 Å². The minimum absolute atomic E-state index is 0.218. The predicted molar refractivity (Wildman–Crippen MR) is 83.0 cm³/mol. The van der Waals surface area contributed by atoms with Gasteiger partial charge in [-0.2, -0.15) is 0 Å². The average Bonchev–Trinajstić information content (AvgIpc) is 2.37. The molecule has 0 unspecified atom stereocenters. The zero-order valence-corrected chi connectivity index (χ0v) is 14.5. The van der Waals surface area contributed by atoms with Gasteiger partial charge < -0.3 is 15.0 Å². The molecule has 1 fully saturated rings. The number of ether oxygens (including phenoxy) is 1. The number of imide groups is 1. The topological polar surface area (TPSA) is 96.0 Å². The Kier molecular flexibility index (Phi) is 6.37. The Morgan fingerprint density at radius 3 is 2.43 bits per heavy atom. The number of halogens is 1. The number of hydrogen-bond donors (Lipinski definition) is 1. The van der Waals surface area contributed by atoms with E-state index in [2.05, 4.69) is 5.32 Å². The highest BCUT2D eigenvalue weighted by molar-refractivity contribution is 6.65. The summed E-state index contributed by atoms with van der Waals surface area (Å²) in [5.41, 5.74) is -0.577. The Balaban J connectivity index is 2.42. The zero-order valence-electron chi connectivity index (χ0n) is 13.7. The summed E-state index contributed by atoms with van der Waals surface area (Å²) in [6, 6.07) is -0.482. The summed E-state index contributed by atoms with van der Waals surface area (Å²) in [5.74, 6) is -1.70. The maximum Gasteiger partial charge on any atom is 0.407 e. The third kappa shape index (κ3) is 5.70. The lowest BCUT2D eigenvalue weighted by atomic mass is 10.2. The first kappa shape index (κ1) is 19.2. The average molecular weight is 348 g/mol. The number of alkyl carbamates (subject to hydrolysis) is 1. The molecule has 4 amide bonds. The van der Waals surface area contributed by atoms with Crippen LogP contribution in [0.15, 0.2) is 0 Å². The highest BCUT2D eigenvalue weighted by Crippen LogP contribution is 2.14. The Morgan fingerprint density at radius 2 is 1.91 bits per heavy atom. The van der Waals surface area contributed by atoms with Crippen LogP contribution in [0, 0.1) is 0 Å². The van der Waals surface area contributed by atoms with Crippen LogP contribution in [0.5, 0.6) is 0 Å². The van der Waals surface area contributed by atoms with Crippen LogP contribution >= 0.6 is 11.6 Å². The molecule has 9 heteroatoms. The van der Waals surface area contributed by atoms with Crippen LogP contribution in [0.1, 0.15) is 34.1 Å². The highest BCUT2D eigenvalue weighted by Gasteiger charge is 2.39. The van der Waals surface area contributed by atoms with Crippen molar-refractivity contribution in [1.29, 1.82) is 0 Å². The molecule has 0 saturated carbocycles. The van der Waals surface area contributed by atoms with Crippen molar-refractivity contribution in [3.8, 4) is 0 Å². The maximum atomic E-state index is 11.9. The second-order valence-electron chi connectivity index (χ2n) is 6.31. The van der Waals surface area contributed by atoms with Gasteiger partial charge in [-0.1, -0.05) is 0 Å². The van der Waals surface area contributed by atoms with Crippen LogP contribution in [0.3, 0.4) is 0 Å². The van der Waals surface area contributed by atoms with Gasteiger partial charge in [0.2, 0.25) is 0 Å². The summed E-state index contributed by atoms with van der Waals surface area (Å²) in [5, 5.41) is 1.62. The monoisotopic (exact) mass is 347 g/mol. The van der Waals surface area contributed by atoms with Crippen LogP contribution < -0.4 is 5.32 Å². The molecule has 23 heavy (non-hydrogen) atoms. The largest absolute Gasteiger partial charge is 0.444 e. The molecule has 0 aliphatic carbocycles. The van der Waals surface area contributed by atoms with Gasteiger partial charge in [-0.05, 0) is 45.7 Å². The molecule has 1 aliphatic heterocycles. The second kappa shape index (κ2) is 7.63. The first-order chi connectivity index (χ1) is 10.5. The maximum absolute atomic E-state index is 11.9. The van der Waals surface area contributed by atoms with Crippen molar-refractivity contribution >= 4 is 34.9 Å². The van der Waals surface area contributed by atoms with E-state index in [1.165, 1.54) is 4.90 Å². The molecule has 0 radical (unpaired) electrons. The predicted octanol–water partition coefficient (Wildman–Crippen LogP) is 1.32. The van der Waals surface area contributed by atoms with Crippen molar-refractivity contribution in [3.05, 3.63) is 0 Å². The van der Waals surface area contributed by atoms with Gasteiger partial charge in [0.1, 0.15) is 5.60 Å². The van der Waals surface area contributed by atoms with Crippen molar-refractivity contribution in [1.82, 2.24) is 15.1 Å². The Bertz CT molecular complexity index is 503. The van der Waals surface area contributed by atoms with Crippen LogP contribution in [0.25, 0.3) is 0 Å². The van der Waals surface area contributed by atoms with E-state index in [0.29, 0.717) is 13.0 Å². The molecular formula is C14H22ClN3O5. The number of piperazine rings is 1. The Labute approximate surface area is 140 Å². The van der Waals surface area contributed by atoms with E-state index >= 15 is 0 Å². The van der Waals surface area contributed by atoms with Crippen molar-refractivity contribution in [2.24, 2.45) is 0 Å². The first-order valence-corrected chi connectivity index (χ1v) is 7.69. The third-order valence-electron chi connectivity index (χ3n) is 3.08. The minimum Gasteiger partial charge on any atom is -0.444 e. The molecule has 1 rings (SSSR count). The summed E-state index contributed by atoms with van der Waals surface area (Å²) in [6.45, 7) is 7.72.